The standard InChI is InChI=1S/C12H14N4O/c1-7-11(8(2)16-15-7)12(17)14-10-5-3-9(13)4-6-10/h3-6H,13H2,1-2H3,(H,14,17)(H,15,16). The summed E-state index contributed by atoms with van der Waals surface area (Å²) in [6.07, 6.45) is 0. The number of H-pyrrole nitrogens is 1. The Morgan fingerprint density at radius 1 is 1.29 bits per heavy atom. The Hall–Kier alpha value is -2.30. The molecule has 4 N–H and O–H groups in total. The minimum Gasteiger partial charge on any atom is -0.399 e. The van der Waals surface area contributed by atoms with E-state index in [-0.39, 0.29) is 5.91 Å². The van der Waals surface area contributed by atoms with E-state index in [0.717, 1.165) is 5.69 Å². The first-order valence-corrected chi connectivity index (χ1v) is 5.26. The number of aryl methyl sites for hydroxylation is 2. The number of hydrogen-bond donors (Lipinski definition) is 3. The predicted molar refractivity (Wildman–Crippen MR) is 66.9 cm³/mol. The fraction of sp³-hybridized carbons (Fsp3) is 0.167. The van der Waals surface area contributed by atoms with Gasteiger partial charge in [0.15, 0.2) is 0 Å². The number of benzene rings is 1. The number of anilines is 2. The van der Waals surface area contributed by atoms with Crippen LogP contribution in [-0.4, -0.2) is 16.1 Å². The van der Waals surface area contributed by atoms with Crippen LogP contribution in [0, 0.1) is 13.8 Å². The SMILES string of the molecule is Cc1n[nH]c(C)c1C(=O)Nc1ccc(N)cc1. The number of nitrogen functional groups attached to an aromatic ring is 1. The first-order chi connectivity index (χ1) is 8.08. The Bertz CT molecular complexity index is 523. The highest BCUT2D eigenvalue weighted by Gasteiger charge is 2.14. The average molecular weight is 230 g/mol. The maximum Gasteiger partial charge on any atom is 0.259 e. The molecule has 0 aliphatic heterocycles. The van der Waals surface area contributed by atoms with Crippen molar-refractivity contribution < 1.29 is 4.79 Å². The highest BCUT2D eigenvalue weighted by Crippen LogP contribution is 2.15. The largest absolute Gasteiger partial charge is 0.399 e. The van der Waals surface area contributed by atoms with Crippen molar-refractivity contribution in [2.24, 2.45) is 0 Å². The lowest BCUT2D eigenvalue weighted by molar-refractivity contribution is 0.102. The number of nitrogens with zero attached hydrogens (tertiary/aromatic N) is 1. The van der Waals surface area contributed by atoms with Gasteiger partial charge in [-0.05, 0) is 38.1 Å². The van der Waals surface area contributed by atoms with Crippen molar-refractivity contribution in [3.05, 3.63) is 41.2 Å². The third-order valence-electron chi connectivity index (χ3n) is 2.52. The fourth-order valence-corrected chi connectivity index (χ4v) is 1.65. The van der Waals surface area contributed by atoms with Crippen LogP contribution in [-0.2, 0) is 0 Å². The molecule has 0 bridgehead atoms. The van der Waals surface area contributed by atoms with Gasteiger partial charge >= 0.3 is 0 Å². The van der Waals surface area contributed by atoms with Crippen LogP contribution in [0.15, 0.2) is 24.3 Å². The Balaban J connectivity index is 2.20. The van der Waals surface area contributed by atoms with Crippen LogP contribution in [0.5, 0.6) is 0 Å². The van der Waals surface area contributed by atoms with E-state index in [9.17, 15) is 4.79 Å². The Kier molecular flexibility index (Phi) is 2.82. The van der Waals surface area contributed by atoms with E-state index in [1.807, 2.05) is 6.92 Å². The molecule has 0 saturated carbocycles. The summed E-state index contributed by atoms with van der Waals surface area (Å²) in [6.45, 7) is 3.61. The Labute approximate surface area is 99.0 Å². The summed E-state index contributed by atoms with van der Waals surface area (Å²) in [5, 5.41) is 9.57. The minimum absolute atomic E-state index is 0.168. The first kappa shape index (κ1) is 11.2. The molecule has 1 aromatic heterocycles. The molecule has 0 aliphatic rings. The molecule has 0 fully saturated rings. The van der Waals surface area contributed by atoms with Crippen LogP contribution in [0.1, 0.15) is 21.7 Å². The molecule has 0 spiro atoms. The number of carbonyl (C=O) groups is 1. The van der Waals surface area contributed by atoms with Gasteiger partial charge in [-0.15, -0.1) is 0 Å². The fourth-order valence-electron chi connectivity index (χ4n) is 1.65. The molecule has 1 aromatic carbocycles. The molecule has 5 heteroatoms. The van der Waals surface area contributed by atoms with Crippen molar-refractivity contribution in [3.63, 3.8) is 0 Å². The highest BCUT2D eigenvalue weighted by molar-refractivity contribution is 6.05. The summed E-state index contributed by atoms with van der Waals surface area (Å²) in [7, 11) is 0. The summed E-state index contributed by atoms with van der Waals surface area (Å²) >= 11 is 0. The molecular weight excluding hydrogens is 216 g/mol. The lowest BCUT2D eigenvalue weighted by atomic mass is 10.2. The van der Waals surface area contributed by atoms with E-state index in [4.69, 9.17) is 5.73 Å². The number of aromatic nitrogens is 2. The normalized spacial score (nSPS) is 10.2. The van der Waals surface area contributed by atoms with Gasteiger partial charge in [-0.1, -0.05) is 0 Å². The second-order valence-electron chi connectivity index (χ2n) is 3.89. The van der Waals surface area contributed by atoms with Gasteiger partial charge in [0.2, 0.25) is 0 Å². The van der Waals surface area contributed by atoms with Gasteiger partial charge in [0.1, 0.15) is 0 Å². The molecule has 0 unspecified atom stereocenters. The van der Waals surface area contributed by atoms with E-state index in [1.165, 1.54) is 0 Å². The molecule has 5 nitrogen and oxygen atoms in total. The van der Waals surface area contributed by atoms with E-state index >= 15 is 0 Å². The summed E-state index contributed by atoms with van der Waals surface area (Å²) < 4.78 is 0. The summed E-state index contributed by atoms with van der Waals surface area (Å²) in [4.78, 5) is 12.0. The molecule has 0 atom stereocenters. The zero-order chi connectivity index (χ0) is 12.4. The van der Waals surface area contributed by atoms with Crippen LogP contribution < -0.4 is 11.1 Å². The molecule has 2 aromatic rings. The third kappa shape index (κ3) is 2.28. The van der Waals surface area contributed by atoms with Crippen molar-refractivity contribution in [1.29, 1.82) is 0 Å². The van der Waals surface area contributed by atoms with Gasteiger partial charge in [0.05, 0.1) is 11.3 Å². The minimum atomic E-state index is -0.168. The van der Waals surface area contributed by atoms with Crippen molar-refractivity contribution in [2.45, 2.75) is 13.8 Å². The molecule has 2 rings (SSSR count). The predicted octanol–water partition coefficient (Wildman–Crippen LogP) is 1.86. The molecule has 88 valence electrons. The molecule has 0 aliphatic carbocycles. The topological polar surface area (TPSA) is 83.8 Å². The number of hydrogen-bond acceptors (Lipinski definition) is 3. The molecular formula is C12H14N4O. The van der Waals surface area contributed by atoms with E-state index in [0.29, 0.717) is 22.6 Å². The van der Waals surface area contributed by atoms with Crippen molar-refractivity contribution in [3.8, 4) is 0 Å². The lowest BCUT2D eigenvalue weighted by Crippen LogP contribution is -2.13. The van der Waals surface area contributed by atoms with Crippen LogP contribution in [0.3, 0.4) is 0 Å². The third-order valence-corrected chi connectivity index (χ3v) is 2.52. The monoisotopic (exact) mass is 230 g/mol. The second kappa shape index (κ2) is 4.29. The lowest BCUT2D eigenvalue weighted by Gasteiger charge is -2.05. The zero-order valence-corrected chi connectivity index (χ0v) is 9.74. The number of rotatable bonds is 2. The summed E-state index contributed by atoms with van der Waals surface area (Å²) in [5.74, 6) is -0.168. The maximum atomic E-state index is 12.0. The van der Waals surface area contributed by atoms with Gasteiger partial charge in [-0.2, -0.15) is 5.10 Å². The van der Waals surface area contributed by atoms with Crippen molar-refractivity contribution in [1.82, 2.24) is 10.2 Å². The Morgan fingerprint density at radius 3 is 2.47 bits per heavy atom. The van der Waals surface area contributed by atoms with Gasteiger partial charge in [0.25, 0.3) is 5.91 Å². The van der Waals surface area contributed by atoms with E-state index < -0.39 is 0 Å². The molecule has 17 heavy (non-hydrogen) atoms. The number of nitrogens with one attached hydrogen (secondary N) is 2. The number of nitrogens with two attached hydrogens (primary N) is 1. The van der Waals surface area contributed by atoms with Crippen LogP contribution in [0.2, 0.25) is 0 Å². The molecule has 1 amide bonds. The molecule has 0 saturated heterocycles. The van der Waals surface area contributed by atoms with E-state index in [2.05, 4.69) is 15.5 Å². The van der Waals surface area contributed by atoms with Crippen molar-refractivity contribution in [2.75, 3.05) is 11.1 Å². The number of carbonyl (C=O) groups excluding carboxylic acids is 1. The number of amides is 1. The average Bonchev–Trinajstić information content (AvgIpc) is 2.62. The zero-order valence-electron chi connectivity index (χ0n) is 9.74. The molecule has 0 radical (unpaired) electrons. The Morgan fingerprint density at radius 2 is 1.94 bits per heavy atom. The summed E-state index contributed by atoms with van der Waals surface area (Å²) in [6, 6.07) is 7.01. The van der Waals surface area contributed by atoms with Crippen LogP contribution in [0.25, 0.3) is 0 Å². The molecule has 1 heterocycles. The van der Waals surface area contributed by atoms with Gasteiger partial charge in [-0.25, -0.2) is 0 Å². The van der Waals surface area contributed by atoms with Crippen LogP contribution in [0.4, 0.5) is 11.4 Å². The smallest absolute Gasteiger partial charge is 0.259 e. The van der Waals surface area contributed by atoms with E-state index in [1.54, 1.807) is 31.2 Å². The first-order valence-electron chi connectivity index (χ1n) is 5.26. The maximum absolute atomic E-state index is 12.0. The highest BCUT2D eigenvalue weighted by atomic mass is 16.1. The van der Waals surface area contributed by atoms with Crippen LogP contribution >= 0.6 is 0 Å². The second-order valence-corrected chi connectivity index (χ2v) is 3.89. The number of aromatic amines is 1. The van der Waals surface area contributed by atoms with Gasteiger partial charge in [-0.3, -0.25) is 9.89 Å². The van der Waals surface area contributed by atoms with Gasteiger partial charge < -0.3 is 11.1 Å². The van der Waals surface area contributed by atoms with Crippen molar-refractivity contribution >= 4 is 17.3 Å². The summed E-state index contributed by atoms with van der Waals surface area (Å²) in [5.41, 5.74) is 8.99. The van der Waals surface area contributed by atoms with Gasteiger partial charge in [0, 0.05) is 17.1 Å². The quantitative estimate of drug-likeness (QED) is 0.688.